The van der Waals surface area contributed by atoms with Gasteiger partial charge in [0.2, 0.25) is 0 Å². The summed E-state index contributed by atoms with van der Waals surface area (Å²) in [5.41, 5.74) is 4.19. The maximum Gasteiger partial charge on any atom is 0.0139 e. The predicted molar refractivity (Wildman–Crippen MR) is 98.0 cm³/mol. The molecule has 0 saturated heterocycles. The third kappa shape index (κ3) is 4.08. The fraction of sp³-hybridized carbons (Fsp3) is 0.368. The molecule has 0 nitrogen and oxygen atoms in total. The fourth-order valence-corrected chi connectivity index (χ4v) is 3.30. The lowest BCUT2D eigenvalue weighted by Gasteiger charge is -2.15. The molecule has 1 aliphatic carbocycles. The zero-order valence-corrected chi connectivity index (χ0v) is 14.6. The van der Waals surface area contributed by atoms with E-state index in [1.807, 2.05) is 0 Å². The average Bonchev–Trinajstić information content (AvgIpc) is 2.48. The molecule has 1 unspecified atom stereocenters. The van der Waals surface area contributed by atoms with Gasteiger partial charge in [-0.3, -0.25) is 0 Å². The number of rotatable bonds is 5. The SMILES string of the molecule is CC/C=C\C(CC)c1cc(I)cc(C2=CCCC=C2)c1. The molecule has 1 atom stereocenters. The van der Waals surface area contributed by atoms with Gasteiger partial charge < -0.3 is 0 Å². The minimum Gasteiger partial charge on any atom is -0.0882 e. The van der Waals surface area contributed by atoms with Crippen LogP contribution in [0.3, 0.4) is 0 Å². The fourth-order valence-electron chi connectivity index (χ4n) is 2.60. The molecule has 2 rings (SSSR count). The van der Waals surface area contributed by atoms with E-state index in [1.165, 1.54) is 33.1 Å². The molecule has 1 aromatic rings. The third-order valence-electron chi connectivity index (χ3n) is 3.72. The molecule has 0 aromatic heterocycles. The topological polar surface area (TPSA) is 0 Å². The van der Waals surface area contributed by atoms with Crippen molar-refractivity contribution in [3.63, 3.8) is 0 Å². The maximum absolute atomic E-state index is 2.44. The highest BCUT2D eigenvalue weighted by Crippen LogP contribution is 2.29. The van der Waals surface area contributed by atoms with E-state index in [4.69, 9.17) is 0 Å². The lowest BCUT2D eigenvalue weighted by atomic mass is 9.91. The predicted octanol–water partition coefficient (Wildman–Crippen LogP) is 6.48. The van der Waals surface area contributed by atoms with Crippen LogP contribution < -0.4 is 0 Å². The van der Waals surface area contributed by atoms with E-state index in [-0.39, 0.29) is 0 Å². The van der Waals surface area contributed by atoms with Crippen LogP contribution in [0.5, 0.6) is 0 Å². The molecule has 20 heavy (non-hydrogen) atoms. The molecule has 1 aliphatic rings. The lowest BCUT2D eigenvalue weighted by Crippen LogP contribution is -1.97. The van der Waals surface area contributed by atoms with E-state index in [2.05, 4.69) is 85.0 Å². The lowest BCUT2D eigenvalue weighted by molar-refractivity contribution is 0.800. The minimum atomic E-state index is 0.539. The molecule has 0 heterocycles. The number of halogens is 1. The quantitative estimate of drug-likeness (QED) is 0.406. The number of hydrogen-bond acceptors (Lipinski definition) is 0. The second-order valence-electron chi connectivity index (χ2n) is 5.26. The Balaban J connectivity index is 2.34. The van der Waals surface area contributed by atoms with Crippen LogP contribution in [-0.2, 0) is 0 Å². The summed E-state index contributed by atoms with van der Waals surface area (Å²) in [4.78, 5) is 0. The van der Waals surface area contributed by atoms with Gasteiger partial charge in [0.05, 0.1) is 0 Å². The molecule has 0 bridgehead atoms. The first kappa shape index (κ1) is 15.6. The zero-order chi connectivity index (χ0) is 14.4. The van der Waals surface area contributed by atoms with E-state index < -0.39 is 0 Å². The summed E-state index contributed by atoms with van der Waals surface area (Å²) >= 11 is 2.44. The van der Waals surface area contributed by atoms with Crippen molar-refractivity contribution in [3.8, 4) is 0 Å². The largest absolute Gasteiger partial charge is 0.0882 e. The molecule has 0 fully saturated rings. The summed E-state index contributed by atoms with van der Waals surface area (Å²) in [6, 6.07) is 6.99. The van der Waals surface area contributed by atoms with Crippen LogP contribution in [-0.4, -0.2) is 0 Å². The van der Waals surface area contributed by atoms with Gasteiger partial charge in [-0.2, -0.15) is 0 Å². The Hall–Kier alpha value is -0.830. The van der Waals surface area contributed by atoms with Crippen molar-refractivity contribution in [3.05, 3.63) is 63.3 Å². The smallest absolute Gasteiger partial charge is 0.0139 e. The Kier molecular flexibility index (Phi) is 6.08. The van der Waals surface area contributed by atoms with Gasteiger partial charge in [0.15, 0.2) is 0 Å². The van der Waals surface area contributed by atoms with E-state index in [0.717, 1.165) is 12.8 Å². The Morgan fingerprint density at radius 1 is 1.20 bits per heavy atom. The van der Waals surface area contributed by atoms with Crippen molar-refractivity contribution in [2.24, 2.45) is 0 Å². The summed E-state index contributed by atoms with van der Waals surface area (Å²) in [5.74, 6) is 0.539. The summed E-state index contributed by atoms with van der Waals surface area (Å²) in [6.45, 7) is 4.46. The highest BCUT2D eigenvalue weighted by molar-refractivity contribution is 14.1. The van der Waals surface area contributed by atoms with E-state index in [1.54, 1.807) is 0 Å². The highest BCUT2D eigenvalue weighted by Gasteiger charge is 2.10. The first-order chi connectivity index (χ1) is 9.74. The van der Waals surface area contributed by atoms with Crippen molar-refractivity contribution in [2.45, 2.75) is 45.4 Å². The molecule has 0 N–H and O–H groups in total. The molecule has 1 heteroatoms. The summed E-state index contributed by atoms with van der Waals surface area (Å²) in [5, 5.41) is 0. The van der Waals surface area contributed by atoms with Crippen LogP contribution in [0.1, 0.15) is 56.6 Å². The van der Waals surface area contributed by atoms with Crippen molar-refractivity contribution >= 4 is 28.2 Å². The molecule has 0 spiro atoms. The monoisotopic (exact) mass is 378 g/mol. The van der Waals surface area contributed by atoms with E-state index >= 15 is 0 Å². The zero-order valence-electron chi connectivity index (χ0n) is 12.4. The number of hydrogen-bond donors (Lipinski definition) is 0. The Morgan fingerprint density at radius 2 is 2.05 bits per heavy atom. The summed E-state index contributed by atoms with van der Waals surface area (Å²) < 4.78 is 1.33. The first-order valence-corrected chi connectivity index (χ1v) is 8.66. The third-order valence-corrected chi connectivity index (χ3v) is 4.34. The molecule has 0 aliphatic heterocycles. The van der Waals surface area contributed by atoms with Gasteiger partial charge in [0, 0.05) is 9.49 Å². The van der Waals surface area contributed by atoms with Crippen molar-refractivity contribution in [2.75, 3.05) is 0 Å². The van der Waals surface area contributed by atoms with Crippen molar-refractivity contribution < 1.29 is 0 Å². The number of benzene rings is 1. The second kappa shape index (κ2) is 7.82. The first-order valence-electron chi connectivity index (χ1n) is 7.58. The molecule has 0 saturated carbocycles. The van der Waals surface area contributed by atoms with Crippen molar-refractivity contribution in [1.82, 2.24) is 0 Å². The molecular weight excluding hydrogens is 355 g/mol. The van der Waals surface area contributed by atoms with Gasteiger partial charge in [-0.25, -0.2) is 0 Å². The molecule has 0 amide bonds. The summed E-state index contributed by atoms with van der Waals surface area (Å²) in [6.07, 6.45) is 16.2. The van der Waals surface area contributed by atoms with E-state index in [0.29, 0.717) is 5.92 Å². The van der Waals surface area contributed by atoms with Crippen LogP contribution in [0.15, 0.2) is 48.6 Å². The van der Waals surface area contributed by atoms with Crippen LogP contribution in [0.2, 0.25) is 0 Å². The van der Waals surface area contributed by atoms with Gasteiger partial charge in [0.25, 0.3) is 0 Å². The second-order valence-corrected chi connectivity index (χ2v) is 6.51. The van der Waals surface area contributed by atoms with Gasteiger partial charge in [-0.05, 0) is 77.1 Å². The van der Waals surface area contributed by atoms with Crippen molar-refractivity contribution in [1.29, 1.82) is 0 Å². The van der Waals surface area contributed by atoms with Gasteiger partial charge >= 0.3 is 0 Å². The standard InChI is InChI=1S/C19H23I/c1-3-5-9-15(4-2)17-12-18(14-19(20)13-17)16-10-7-6-8-11-16/h5,7,9-15H,3-4,6,8H2,1-2H3/b9-5-. The van der Waals surface area contributed by atoms with E-state index in [9.17, 15) is 0 Å². The van der Waals surface area contributed by atoms with Crippen LogP contribution in [0, 0.1) is 3.57 Å². The Labute approximate surface area is 136 Å². The number of allylic oxidation sites excluding steroid dienone is 6. The molecule has 106 valence electrons. The highest BCUT2D eigenvalue weighted by atomic mass is 127. The van der Waals surface area contributed by atoms with Crippen LogP contribution >= 0.6 is 22.6 Å². The maximum atomic E-state index is 2.44. The average molecular weight is 378 g/mol. The molecule has 0 radical (unpaired) electrons. The van der Waals surface area contributed by atoms with Crippen LogP contribution in [0.25, 0.3) is 5.57 Å². The molecular formula is C19H23I. The van der Waals surface area contributed by atoms with Gasteiger partial charge in [-0.15, -0.1) is 0 Å². The van der Waals surface area contributed by atoms with Crippen LogP contribution in [0.4, 0.5) is 0 Å². The Morgan fingerprint density at radius 3 is 2.70 bits per heavy atom. The van der Waals surface area contributed by atoms with Gasteiger partial charge in [-0.1, -0.05) is 50.3 Å². The molecule has 1 aromatic carbocycles. The Bertz CT molecular complexity index is 535. The normalized spacial score (nSPS) is 16.4. The summed E-state index contributed by atoms with van der Waals surface area (Å²) in [7, 11) is 0. The van der Waals surface area contributed by atoms with Gasteiger partial charge in [0.1, 0.15) is 0 Å². The minimum absolute atomic E-state index is 0.539.